The number of hydrogen-bond acceptors (Lipinski definition) is 7. The largest absolute Gasteiger partial charge is 0.461 e. The normalized spacial score (nSPS) is 13.3. The SMILES string of the molecule is CC(Sc1nc(-c2ccco2)nc2ccccc12)C(=O)NCc1ccc2c(c1)OCO2. The lowest BCUT2D eigenvalue weighted by molar-refractivity contribution is -0.120. The van der Waals surface area contributed by atoms with Gasteiger partial charge in [0.05, 0.1) is 17.0 Å². The number of furan rings is 1. The van der Waals surface area contributed by atoms with Crippen LogP contribution in [0.3, 0.4) is 0 Å². The molecule has 1 aliphatic heterocycles. The highest BCUT2D eigenvalue weighted by Gasteiger charge is 2.19. The summed E-state index contributed by atoms with van der Waals surface area (Å²) in [6, 6.07) is 17.0. The van der Waals surface area contributed by atoms with Crippen LogP contribution in [-0.4, -0.2) is 27.9 Å². The van der Waals surface area contributed by atoms with E-state index in [1.807, 2.05) is 55.5 Å². The zero-order valence-corrected chi connectivity index (χ0v) is 17.5. The summed E-state index contributed by atoms with van der Waals surface area (Å²) in [4.78, 5) is 22.0. The smallest absolute Gasteiger partial charge is 0.233 e. The van der Waals surface area contributed by atoms with E-state index in [0.29, 0.717) is 23.9 Å². The third kappa shape index (κ3) is 4.06. The van der Waals surface area contributed by atoms with E-state index in [0.717, 1.165) is 27.2 Å². The lowest BCUT2D eigenvalue weighted by Crippen LogP contribution is -2.30. The van der Waals surface area contributed by atoms with Crippen LogP contribution in [0.15, 0.2) is 70.3 Å². The molecule has 8 heteroatoms. The number of benzene rings is 2. The van der Waals surface area contributed by atoms with Crippen LogP contribution in [0, 0.1) is 0 Å². The van der Waals surface area contributed by atoms with E-state index < -0.39 is 0 Å². The zero-order chi connectivity index (χ0) is 21.2. The van der Waals surface area contributed by atoms with Gasteiger partial charge in [0, 0.05) is 11.9 Å². The number of aromatic nitrogens is 2. The first-order valence-electron chi connectivity index (χ1n) is 9.81. The zero-order valence-electron chi connectivity index (χ0n) is 16.7. The Labute approximate surface area is 182 Å². The fourth-order valence-electron chi connectivity index (χ4n) is 3.26. The van der Waals surface area contributed by atoms with Crippen molar-refractivity contribution in [2.45, 2.75) is 23.7 Å². The van der Waals surface area contributed by atoms with Crippen molar-refractivity contribution < 1.29 is 18.7 Å². The first-order chi connectivity index (χ1) is 15.2. The molecule has 0 saturated heterocycles. The Kier molecular flexibility index (Phi) is 5.21. The van der Waals surface area contributed by atoms with Crippen LogP contribution in [0.25, 0.3) is 22.5 Å². The van der Waals surface area contributed by atoms with Gasteiger partial charge in [-0.2, -0.15) is 0 Å². The van der Waals surface area contributed by atoms with E-state index in [2.05, 4.69) is 15.3 Å². The monoisotopic (exact) mass is 433 g/mol. The van der Waals surface area contributed by atoms with Crippen LogP contribution in [0.1, 0.15) is 12.5 Å². The van der Waals surface area contributed by atoms with Gasteiger partial charge >= 0.3 is 0 Å². The van der Waals surface area contributed by atoms with Crippen LogP contribution in [-0.2, 0) is 11.3 Å². The Hall–Kier alpha value is -3.52. The van der Waals surface area contributed by atoms with Gasteiger partial charge in [0.2, 0.25) is 12.7 Å². The summed E-state index contributed by atoms with van der Waals surface area (Å²) in [6.45, 7) is 2.50. The van der Waals surface area contributed by atoms with Crippen LogP contribution in [0.2, 0.25) is 0 Å². The molecule has 0 bridgehead atoms. The molecule has 2 aromatic heterocycles. The fourth-order valence-corrected chi connectivity index (χ4v) is 4.22. The van der Waals surface area contributed by atoms with Gasteiger partial charge in [0.1, 0.15) is 5.03 Å². The van der Waals surface area contributed by atoms with Crippen LogP contribution >= 0.6 is 11.8 Å². The topological polar surface area (TPSA) is 86.5 Å². The van der Waals surface area contributed by atoms with E-state index in [9.17, 15) is 4.79 Å². The van der Waals surface area contributed by atoms with Crippen molar-refractivity contribution in [3.8, 4) is 23.1 Å². The highest BCUT2D eigenvalue weighted by Crippen LogP contribution is 2.33. The maximum atomic E-state index is 12.8. The third-order valence-electron chi connectivity index (χ3n) is 4.87. The second kappa shape index (κ2) is 8.31. The summed E-state index contributed by atoms with van der Waals surface area (Å²) in [5.41, 5.74) is 1.75. The Morgan fingerprint density at radius 2 is 1.97 bits per heavy atom. The minimum atomic E-state index is -0.350. The predicted molar refractivity (Wildman–Crippen MR) is 117 cm³/mol. The maximum absolute atomic E-state index is 12.8. The van der Waals surface area contributed by atoms with Crippen molar-refractivity contribution >= 4 is 28.6 Å². The fraction of sp³-hybridized carbons (Fsp3) is 0.174. The highest BCUT2D eigenvalue weighted by molar-refractivity contribution is 8.00. The number of nitrogens with one attached hydrogen (secondary N) is 1. The Morgan fingerprint density at radius 1 is 1.10 bits per heavy atom. The van der Waals surface area contributed by atoms with Crippen molar-refractivity contribution in [2.24, 2.45) is 0 Å². The average molecular weight is 433 g/mol. The van der Waals surface area contributed by atoms with E-state index in [1.54, 1.807) is 12.3 Å². The van der Waals surface area contributed by atoms with Crippen molar-refractivity contribution in [2.75, 3.05) is 6.79 Å². The molecule has 2 aromatic carbocycles. The number of carbonyl (C=O) groups is 1. The van der Waals surface area contributed by atoms with E-state index in [1.165, 1.54) is 11.8 Å². The Bertz CT molecular complexity index is 1240. The number of hydrogen-bond donors (Lipinski definition) is 1. The van der Waals surface area contributed by atoms with Crippen LogP contribution < -0.4 is 14.8 Å². The summed E-state index contributed by atoms with van der Waals surface area (Å²) >= 11 is 1.40. The molecule has 0 aliphatic carbocycles. The lowest BCUT2D eigenvalue weighted by atomic mass is 10.2. The summed E-state index contributed by atoms with van der Waals surface area (Å²) in [5, 5.41) is 4.27. The molecule has 31 heavy (non-hydrogen) atoms. The molecular weight excluding hydrogens is 414 g/mol. The quantitative estimate of drug-likeness (QED) is 0.356. The molecule has 4 aromatic rings. The van der Waals surface area contributed by atoms with Crippen molar-refractivity contribution in [1.29, 1.82) is 0 Å². The van der Waals surface area contributed by atoms with Crippen LogP contribution in [0.4, 0.5) is 0 Å². The van der Waals surface area contributed by atoms with Gasteiger partial charge in [-0.1, -0.05) is 36.0 Å². The second-order valence-electron chi connectivity index (χ2n) is 7.01. The molecule has 7 nitrogen and oxygen atoms in total. The number of nitrogens with zero attached hydrogens (tertiary/aromatic N) is 2. The lowest BCUT2D eigenvalue weighted by Gasteiger charge is -2.13. The molecule has 1 atom stereocenters. The molecule has 5 rings (SSSR count). The first kappa shape index (κ1) is 19.4. The molecule has 0 fully saturated rings. The molecule has 1 unspecified atom stereocenters. The number of fused-ring (bicyclic) bond motifs is 2. The number of rotatable bonds is 6. The molecule has 156 valence electrons. The number of ether oxygens (including phenoxy) is 2. The average Bonchev–Trinajstić information content (AvgIpc) is 3.49. The minimum absolute atomic E-state index is 0.0788. The Balaban J connectivity index is 1.32. The minimum Gasteiger partial charge on any atom is -0.461 e. The van der Waals surface area contributed by atoms with Gasteiger partial charge in [-0.05, 0) is 42.8 Å². The molecular formula is C23H19N3O4S. The molecule has 0 spiro atoms. The van der Waals surface area contributed by atoms with Gasteiger partial charge in [-0.25, -0.2) is 9.97 Å². The van der Waals surface area contributed by atoms with E-state index >= 15 is 0 Å². The molecule has 0 saturated carbocycles. The number of para-hydroxylation sites is 1. The number of thioether (sulfide) groups is 1. The molecule has 3 heterocycles. The first-order valence-corrected chi connectivity index (χ1v) is 10.7. The molecule has 0 radical (unpaired) electrons. The standard InChI is InChI=1S/C23H19N3O4S/c1-14(22(27)24-12-15-8-9-18-20(11-15)30-13-29-18)31-23-16-5-2-3-6-17(16)25-21(26-23)19-7-4-10-28-19/h2-11,14H,12-13H2,1H3,(H,24,27). The Morgan fingerprint density at radius 3 is 2.84 bits per heavy atom. The van der Waals surface area contributed by atoms with E-state index in [4.69, 9.17) is 13.9 Å². The molecule has 1 N–H and O–H groups in total. The van der Waals surface area contributed by atoms with Crippen LogP contribution in [0.5, 0.6) is 11.5 Å². The number of carbonyl (C=O) groups excluding carboxylic acids is 1. The highest BCUT2D eigenvalue weighted by atomic mass is 32.2. The number of amides is 1. The summed E-state index contributed by atoms with van der Waals surface area (Å²) in [5.74, 6) is 2.44. The molecule has 1 aliphatic rings. The summed E-state index contributed by atoms with van der Waals surface area (Å²) < 4.78 is 16.2. The van der Waals surface area contributed by atoms with Gasteiger partial charge in [0.25, 0.3) is 0 Å². The van der Waals surface area contributed by atoms with Crippen molar-refractivity contribution in [3.63, 3.8) is 0 Å². The maximum Gasteiger partial charge on any atom is 0.233 e. The third-order valence-corrected chi connectivity index (χ3v) is 5.97. The molecule has 1 amide bonds. The van der Waals surface area contributed by atoms with Gasteiger partial charge in [-0.15, -0.1) is 0 Å². The summed E-state index contributed by atoms with van der Waals surface area (Å²) in [7, 11) is 0. The predicted octanol–water partition coefficient (Wildman–Crippen LogP) is 4.42. The summed E-state index contributed by atoms with van der Waals surface area (Å²) in [6.07, 6.45) is 1.59. The second-order valence-corrected chi connectivity index (χ2v) is 8.34. The van der Waals surface area contributed by atoms with Gasteiger partial charge in [0.15, 0.2) is 23.1 Å². The van der Waals surface area contributed by atoms with Crippen molar-refractivity contribution in [1.82, 2.24) is 15.3 Å². The van der Waals surface area contributed by atoms with Crippen molar-refractivity contribution in [3.05, 3.63) is 66.4 Å². The van der Waals surface area contributed by atoms with E-state index in [-0.39, 0.29) is 18.0 Å². The van der Waals surface area contributed by atoms with Gasteiger partial charge in [-0.3, -0.25) is 4.79 Å². The van der Waals surface area contributed by atoms with Gasteiger partial charge < -0.3 is 19.2 Å².